The molecule has 48 valence electrons. The number of carbonyl (C=O) groups is 1. The van der Waals surface area contributed by atoms with E-state index in [-0.39, 0.29) is 4.83 Å². The monoisotopic (exact) mass is 243 g/mol. The molecule has 0 aliphatic heterocycles. The predicted molar refractivity (Wildman–Crippen MR) is 36.1 cm³/mol. The fraction of sp³-hybridized carbons (Fsp3) is 0.750. The van der Waals surface area contributed by atoms with Crippen LogP contribution in [0.5, 0.6) is 0 Å². The Balaban J connectivity index is 3.64. The maximum absolute atomic E-state index is 9.95. The molecule has 2 nitrogen and oxygen atoms in total. The molecule has 0 aliphatic rings. The van der Waals surface area contributed by atoms with Crippen LogP contribution >= 0.6 is 31.9 Å². The SMILES string of the molecule is C[C@@H](Br)[C@@H](Br)C(=O)[O-]. The van der Waals surface area contributed by atoms with Gasteiger partial charge in [-0.15, -0.1) is 0 Å². The molecule has 0 unspecified atom stereocenters. The lowest BCUT2D eigenvalue weighted by Crippen LogP contribution is -2.35. The van der Waals surface area contributed by atoms with Gasteiger partial charge in [-0.1, -0.05) is 38.8 Å². The van der Waals surface area contributed by atoms with Crippen LogP contribution in [0.2, 0.25) is 0 Å². The van der Waals surface area contributed by atoms with E-state index in [0.717, 1.165) is 0 Å². The van der Waals surface area contributed by atoms with Crippen LogP contribution in [-0.4, -0.2) is 15.6 Å². The van der Waals surface area contributed by atoms with E-state index in [4.69, 9.17) is 0 Å². The van der Waals surface area contributed by atoms with Gasteiger partial charge in [0, 0.05) is 4.83 Å². The second-order valence-electron chi connectivity index (χ2n) is 1.40. The first kappa shape index (κ1) is 8.43. The van der Waals surface area contributed by atoms with E-state index in [1.807, 2.05) is 0 Å². The molecule has 0 bridgehead atoms. The molecule has 0 spiro atoms. The number of carboxylic acids is 1. The predicted octanol–water partition coefficient (Wildman–Crippen LogP) is 0.283. The van der Waals surface area contributed by atoms with E-state index < -0.39 is 10.8 Å². The molecule has 4 heteroatoms. The second-order valence-corrected chi connectivity index (χ2v) is 3.83. The van der Waals surface area contributed by atoms with Crippen LogP contribution < -0.4 is 5.11 Å². The zero-order chi connectivity index (χ0) is 6.73. The lowest BCUT2D eigenvalue weighted by molar-refractivity contribution is -0.304. The van der Waals surface area contributed by atoms with Crippen molar-refractivity contribution < 1.29 is 9.90 Å². The molecular formula is C4H5Br2O2-. The molecule has 0 aromatic carbocycles. The van der Waals surface area contributed by atoms with E-state index in [2.05, 4.69) is 31.9 Å². The number of halogens is 2. The van der Waals surface area contributed by atoms with Crippen LogP contribution in [-0.2, 0) is 4.79 Å². The van der Waals surface area contributed by atoms with Crippen LogP contribution in [0.25, 0.3) is 0 Å². The summed E-state index contributed by atoms with van der Waals surface area (Å²) in [5, 5.41) is 9.95. The first-order valence-electron chi connectivity index (χ1n) is 2.04. The van der Waals surface area contributed by atoms with Crippen molar-refractivity contribution in [2.24, 2.45) is 0 Å². The summed E-state index contributed by atoms with van der Waals surface area (Å²) in [4.78, 5) is 9.27. The summed E-state index contributed by atoms with van der Waals surface area (Å²) in [7, 11) is 0. The van der Waals surface area contributed by atoms with Crippen molar-refractivity contribution in [2.45, 2.75) is 16.6 Å². The lowest BCUT2D eigenvalue weighted by atomic mass is 10.3. The summed E-state index contributed by atoms with van der Waals surface area (Å²) in [6.07, 6.45) is 0. The van der Waals surface area contributed by atoms with Crippen molar-refractivity contribution in [2.75, 3.05) is 0 Å². The molecule has 0 saturated heterocycles. The Bertz CT molecular complexity index is 92.0. The van der Waals surface area contributed by atoms with Crippen LogP contribution in [0.1, 0.15) is 6.92 Å². The van der Waals surface area contributed by atoms with Gasteiger partial charge in [0.15, 0.2) is 0 Å². The summed E-state index contributed by atoms with van der Waals surface area (Å²) < 4.78 is 0. The lowest BCUT2D eigenvalue weighted by Gasteiger charge is -2.11. The number of aliphatic carboxylic acids is 1. The van der Waals surface area contributed by atoms with Crippen molar-refractivity contribution in [3.05, 3.63) is 0 Å². The average molecular weight is 245 g/mol. The first-order valence-corrected chi connectivity index (χ1v) is 3.88. The summed E-state index contributed by atoms with van der Waals surface area (Å²) in [5.41, 5.74) is 0. The van der Waals surface area contributed by atoms with Crippen LogP contribution in [0.4, 0.5) is 0 Å². The molecule has 0 N–H and O–H groups in total. The van der Waals surface area contributed by atoms with Gasteiger partial charge in [0.2, 0.25) is 0 Å². The van der Waals surface area contributed by atoms with Crippen LogP contribution in [0.15, 0.2) is 0 Å². The minimum Gasteiger partial charge on any atom is -0.549 e. The standard InChI is InChI=1S/C4H6Br2O2/c1-2(5)3(6)4(7)8/h2-3H,1H3,(H,7,8)/p-1/t2-,3-/m1/s1. The third-order valence-electron chi connectivity index (χ3n) is 0.628. The Labute approximate surface area is 64.5 Å². The van der Waals surface area contributed by atoms with E-state index in [9.17, 15) is 9.90 Å². The Morgan fingerprint density at radius 3 is 2.00 bits per heavy atom. The molecule has 0 fully saturated rings. The number of carbonyl (C=O) groups excluding carboxylic acids is 1. The molecule has 0 radical (unpaired) electrons. The number of hydrogen-bond acceptors (Lipinski definition) is 2. The van der Waals surface area contributed by atoms with Crippen molar-refractivity contribution in [1.82, 2.24) is 0 Å². The number of rotatable bonds is 2. The average Bonchev–Trinajstić information content (AvgIpc) is 1.64. The van der Waals surface area contributed by atoms with Gasteiger partial charge in [-0.2, -0.15) is 0 Å². The third kappa shape index (κ3) is 2.67. The smallest absolute Gasteiger partial charge is 0.0663 e. The molecule has 0 amide bonds. The fourth-order valence-electron chi connectivity index (χ4n) is 0.188. The van der Waals surface area contributed by atoms with Gasteiger partial charge >= 0.3 is 0 Å². The molecule has 0 aliphatic carbocycles. The van der Waals surface area contributed by atoms with Gasteiger partial charge < -0.3 is 9.90 Å². The first-order chi connectivity index (χ1) is 3.55. The van der Waals surface area contributed by atoms with Crippen LogP contribution in [0.3, 0.4) is 0 Å². The van der Waals surface area contributed by atoms with E-state index >= 15 is 0 Å². The summed E-state index contributed by atoms with van der Waals surface area (Å²) >= 11 is 5.97. The Kier molecular flexibility index (Phi) is 3.64. The van der Waals surface area contributed by atoms with Gasteiger partial charge in [-0.3, -0.25) is 0 Å². The highest BCUT2D eigenvalue weighted by molar-refractivity contribution is 9.12. The molecule has 0 aromatic rings. The normalized spacial score (nSPS) is 17.4. The van der Waals surface area contributed by atoms with Gasteiger partial charge in [0.25, 0.3) is 0 Å². The number of hydrogen-bond donors (Lipinski definition) is 0. The molecule has 0 heterocycles. The van der Waals surface area contributed by atoms with E-state index in [1.165, 1.54) is 0 Å². The fourth-order valence-corrected chi connectivity index (χ4v) is 0.403. The Morgan fingerprint density at radius 2 is 2.00 bits per heavy atom. The molecule has 8 heavy (non-hydrogen) atoms. The van der Waals surface area contributed by atoms with Gasteiger partial charge in [-0.25, -0.2) is 0 Å². The maximum atomic E-state index is 9.95. The minimum atomic E-state index is -1.09. The van der Waals surface area contributed by atoms with Crippen molar-refractivity contribution >= 4 is 37.8 Å². The molecule has 2 atom stereocenters. The van der Waals surface area contributed by atoms with Gasteiger partial charge in [0.1, 0.15) is 0 Å². The van der Waals surface area contributed by atoms with Crippen molar-refractivity contribution in [3.8, 4) is 0 Å². The zero-order valence-corrected chi connectivity index (χ0v) is 7.40. The van der Waals surface area contributed by atoms with Crippen molar-refractivity contribution in [1.29, 1.82) is 0 Å². The number of alkyl halides is 2. The highest BCUT2D eigenvalue weighted by Crippen LogP contribution is 2.11. The summed E-state index contributed by atoms with van der Waals surface area (Å²) in [6, 6.07) is 0. The second kappa shape index (κ2) is 3.45. The third-order valence-corrected chi connectivity index (χ3v) is 3.03. The van der Waals surface area contributed by atoms with E-state index in [1.54, 1.807) is 6.92 Å². The minimum absolute atomic E-state index is 0.0903. The van der Waals surface area contributed by atoms with Crippen LogP contribution in [0, 0.1) is 0 Å². The Morgan fingerprint density at radius 1 is 1.62 bits per heavy atom. The molecule has 0 saturated carbocycles. The quantitative estimate of drug-likeness (QED) is 0.655. The van der Waals surface area contributed by atoms with Gasteiger partial charge in [-0.05, 0) is 0 Å². The molecule has 0 rings (SSSR count). The molecular weight excluding hydrogens is 240 g/mol. The summed E-state index contributed by atoms with van der Waals surface area (Å²) in [5.74, 6) is -1.09. The Hall–Kier alpha value is 0.430. The maximum Gasteiger partial charge on any atom is 0.0663 e. The van der Waals surface area contributed by atoms with Gasteiger partial charge in [0.05, 0.1) is 10.8 Å². The topological polar surface area (TPSA) is 40.1 Å². The highest BCUT2D eigenvalue weighted by Gasteiger charge is 2.09. The highest BCUT2D eigenvalue weighted by atomic mass is 79.9. The largest absolute Gasteiger partial charge is 0.549 e. The van der Waals surface area contributed by atoms with Crippen molar-refractivity contribution in [3.63, 3.8) is 0 Å². The van der Waals surface area contributed by atoms with E-state index in [0.29, 0.717) is 0 Å². The number of carboxylic acid groups (broad SMARTS) is 1. The summed E-state index contributed by atoms with van der Waals surface area (Å²) in [6.45, 7) is 1.73. The molecule has 0 aromatic heterocycles. The zero-order valence-electron chi connectivity index (χ0n) is 4.23.